The van der Waals surface area contributed by atoms with Gasteiger partial charge in [0.2, 0.25) is 11.7 Å². The maximum absolute atomic E-state index is 12.9. The van der Waals surface area contributed by atoms with E-state index in [0.717, 1.165) is 25.1 Å². The van der Waals surface area contributed by atoms with Gasteiger partial charge in [-0.25, -0.2) is 4.39 Å². The molecule has 0 bridgehead atoms. The van der Waals surface area contributed by atoms with E-state index in [1.54, 1.807) is 12.1 Å². The van der Waals surface area contributed by atoms with Gasteiger partial charge in [-0.2, -0.15) is 4.98 Å². The zero-order valence-electron chi connectivity index (χ0n) is 11.3. The molecular weight excluding hydrogens is 259 g/mol. The van der Waals surface area contributed by atoms with Crippen LogP contribution in [0.1, 0.15) is 12.3 Å². The molecule has 1 unspecified atom stereocenters. The average molecular weight is 276 g/mol. The second kappa shape index (κ2) is 5.68. The molecule has 1 N–H and O–H groups in total. The van der Waals surface area contributed by atoms with Crippen molar-refractivity contribution >= 4 is 0 Å². The van der Waals surface area contributed by atoms with Crippen LogP contribution in [0, 0.1) is 5.82 Å². The van der Waals surface area contributed by atoms with Crippen LogP contribution in [-0.4, -0.2) is 41.2 Å². The van der Waals surface area contributed by atoms with Crippen molar-refractivity contribution in [1.82, 2.24) is 20.4 Å². The van der Waals surface area contributed by atoms with Crippen molar-refractivity contribution in [3.8, 4) is 11.4 Å². The van der Waals surface area contributed by atoms with Crippen LogP contribution in [0.5, 0.6) is 0 Å². The lowest BCUT2D eigenvalue weighted by atomic mass is 10.2. The number of hydrogen-bond acceptors (Lipinski definition) is 5. The van der Waals surface area contributed by atoms with Crippen molar-refractivity contribution in [3.63, 3.8) is 0 Å². The maximum Gasteiger partial charge on any atom is 0.241 e. The van der Waals surface area contributed by atoms with Gasteiger partial charge in [-0.3, -0.25) is 4.90 Å². The topological polar surface area (TPSA) is 54.2 Å². The second-order valence-electron chi connectivity index (χ2n) is 5.03. The lowest BCUT2D eigenvalue weighted by Crippen LogP contribution is -2.29. The van der Waals surface area contributed by atoms with E-state index in [1.165, 1.54) is 12.1 Å². The Balaban J connectivity index is 1.66. The molecule has 0 aliphatic carbocycles. The smallest absolute Gasteiger partial charge is 0.241 e. The van der Waals surface area contributed by atoms with Crippen LogP contribution in [0.4, 0.5) is 4.39 Å². The standard InChI is InChI=1S/C14H17FN4O/c1-16-12-6-7-19(8-12)9-13-17-14(18-20-13)10-2-4-11(15)5-3-10/h2-5,12,16H,6-9H2,1H3. The first-order valence-electron chi connectivity index (χ1n) is 6.73. The summed E-state index contributed by atoms with van der Waals surface area (Å²) in [7, 11) is 1.98. The van der Waals surface area contributed by atoms with E-state index in [0.29, 0.717) is 24.3 Å². The molecule has 2 heterocycles. The first-order valence-corrected chi connectivity index (χ1v) is 6.73. The summed E-state index contributed by atoms with van der Waals surface area (Å²) in [6.07, 6.45) is 1.13. The van der Waals surface area contributed by atoms with Crippen molar-refractivity contribution in [3.05, 3.63) is 36.0 Å². The average Bonchev–Trinajstić information content (AvgIpc) is 3.09. The van der Waals surface area contributed by atoms with Crippen LogP contribution >= 0.6 is 0 Å². The van der Waals surface area contributed by atoms with E-state index in [2.05, 4.69) is 20.4 Å². The summed E-state index contributed by atoms with van der Waals surface area (Å²) in [6, 6.07) is 6.62. The molecule has 0 radical (unpaired) electrons. The summed E-state index contributed by atoms with van der Waals surface area (Å²) in [5.41, 5.74) is 0.760. The van der Waals surface area contributed by atoms with E-state index in [9.17, 15) is 4.39 Å². The van der Waals surface area contributed by atoms with Crippen LogP contribution < -0.4 is 5.32 Å². The third kappa shape index (κ3) is 2.86. The summed E-state index contributed by atoms with van der Waals surface area (Å²) in [4.78, 5) is 6.64. The van der Waals surface area contributed by atoms with Crippen LogP contribution in [-0.2, 0) is 6.54 Å². The second-order valence-corrected chi connectivity index (χ2v) is 5.03. The van der Waals surface area contributed by atoms with Gasteiger partial charge in [0.05, 0.1) is 6.54 Å². The molecule has 1 aromatic carbocycles. The molecule has 1 atom stereocenters. The SMILES string of the molecule is CNC1CCN(Cc2nc(-c3ccc(F)cc3)no2)C1. The monoisotopic (exact) mass is 276 g/mol. The normalized spacial score (nSPS) is 19.6. The highest BCUT2D eigenvalue weighted by Gasteiger charge is 2.22. The Bertz CT molecular complexity index is 569. The molecule has 0 spiro atoms. The fourth-order valence-corrected chi connectivity index (χ4v) is 2.44. The van der Waals surface area contributed by atoms with Crippen LogP contribution in [0.3, 0.4) is 0 Å². The molecule has 20 heavy (non-hydrogen) atoms. The highest BCUT2D eigenvalue weighted by Crippen LogP contribution is 2.18. The highest BCUT2D eigenvalue weighted by atomic mass is 19.1. The molecule has 6 heteroatoms. The lowest BCUT2D eigenvalue weighted by Gasteiger charge is -2.12. The predicted octanol–water partition coefficient (Wildman–Crippen LogP) is 1.67. The summed E-state index contributed by atoms with van der Waals surface area (Å²) >= 11 is 0. The van der Waals surface area contributed by atoms with Crippen molar-refractivity contribution in [2.75, 3.05) is 20.1 Å². The minimum atomic E-state index is -0.271. The van der Waals surface area contributed by atoms with Gasteiger partial charge in [-0.1, -0.05) is 5.16 Å². The molecule has 1 fully saturated rings. The maximum atomic E-state index is 12.9. The Kier molecular flexibility index (Phi) is 3.75. The minimum Gasteiger partial charge on any atom is -0.338 e. The zero-order chi connectivity index (χ0) is 13.9. The van der Waals surface area contributed by atoms with Crippen LogP contribution in [0.25, 0.3) is 11.4 Å². The predicted molar refractivity (Wildman–Crippen MR) is 72.4 cm³/mol. The van der Waals surface area contributed by atoms with Crippen molar-refractivity contribution in [2.24, 2.45) is 0 Å². The Morgan fingerprint density at radius 2 is 2.20 bits per heavy atom. The van der Waals surface area contributed by atoms with E-state index in [4.69, 9.17) is 4.52 Å². The quantitative estimate of drug-likeness (QED) is 0.920. The summed E-state index contributed by atoms with van der Waals surface area (Å²) in [5.74, 6) is 0.832. The zero-order valence-corrected chi connectivity index (χ0v) is 11.3. The third-order valence-corrected chi connectivity index (χ3v) is 3.61. The fourth-order valence-electron chi connectivity index (χ4n) is 2.44. The number of nitrogens with zero attached hydrogens (tertiary/aromatic N) is 3. The summed E-state index contributed by atoms with van der Waals surface area (Å²) in [5, 5.41) is 7.22. The molecule has 1 aromatic heterocycles. The Morgan fingerprint density at radius 3 is 2.90 bits per heavy atom. The number of aromatic nitrogens is 2. The minimum absolute atomic E-state index is 0.271. The summed E-state index contributed by atoms with van der Waals surface area (Å²) in [6.45, 7) is 2.68. The number of nitrogens with one attached hydrogen (secondary N) is 1. The van der Waals surface area contributed by atoms with Gasteiger partial charge in [0.1, 0.15) is 5.82 Å². The van der Waals surface area contributed by atoms with Gasteiger partial charge in [0.15, 0.2) is 0 Å². The molecule has 1 aliphatic rings. The number of rotatable bonds is 4. The van der Waals surface area contributed by atoms with Gasteiger partial charge in [0.25, 0.3) is 0 Å². The van der Waals surface area contributed by atoms with E-state index >= 15 is 0 Å². The Labute approximate surface area is 116 Å². The number of hydrogen-bond donors (Lipinski definition) is 1. The van der Waals surface area contributed by atoms with E-state index in [-0.39, 0.29) is 5.82 Å². The third-order valence-electron chi connectivity index (χ3n) is 3.61. The highest BCUT2D eigenvalue weighted by molar-refractivity contribution is 5.53. The number of halogens is 1. The number of likely N-dealkylation sites (tertiary alicyclic amines) is 1. The number of likely N-dealkylation sites (N-methyl/N-ethyl adjacent to an activating group) is 1. The molecule has 1 saturated heterocycles. The molecule has 1 aliphatic heterocycles. The largest absolute Gasteiger partial charge is 0.338 e. The molecule has 106 valence electrons. The molecule has 2 aromatic rings. The van der Waals surface area contributed by atoms with Gasteiger partial charge >= 0.3 is 0 Å². The first-order chi connectivity index (χ1) is 9.74. The number of benzene rings is 1. The van der Waals surface area contributed by atoms with Gasteiger partial charge in [-0.15, -0.1) is 0 Å². The molecular formula is C14H17FN4O. The fraction of sp³-hybridized carbons (Fsp3) is 0.429. The van der Waals surface area contributed by atoms with Crippen molar-refractivity contribution < 1.29 is 8.91 Å². The summed E-state index contributed by atoms with van der Waals surface area (Å²) < 4.78 is 18.1. The van der Waals surface area contributed by atoms with Gasteiger partial charge in [-0.05, 0) is 37.7 Å². The van der Waals surface area contributed by atoms with Crippen LogP contribution in [0.15, 0.2) is 28.8 Å². The molecule has 5 nitrogen and oxygen atoms in total. The first kappa shape index (κ1) is 13.2. The van der Waals surface area contributed by atoms with Crippen molar-refractivity contribution in [1.29, 1.82) is 0 Å². The lowest BCUT2D eigenvalue weighted by molar-refractivity contribution is 0.263. The molecule has 3 rings (SSSR count). The van der Waals surface area contributed by atoms with E-state index < -0.39 is 0 Å². The Morgan fingerprint density at radius 1 is 1.40 bits per heavy atom. The van der Waals surface area contributed by atoms with E-state index in [1.807, 2.05) is 7.05 Å². The Hall–Kier alpha value is -1.79. The van der Waals surface area contributed by atoms with Crippen molar-refractivity contribution in [2.45, 2.75) is 19.0 Å². The van der Waals surface area contributed by atoms with Crippen LogP contribution in [0.2, 0.25) is 0 Å². The molecule has 0 amide bonds. The molecule has 0 saturated carbocycles. The van der Waals surface area contributed by atoms with Gasteiger partial charge in [0, 0.05) is 24.7 Å². The van der Waals surface area contributed by atoms with Gasteiger partial charge < -0.3 is 9.84 Å².